The zero-order valence-corrected chi connectivity index (χ0v) is 11.8. The van der Waals surface area contributed by atoms with Crippen molar-refractivity contribution in [2.24, 2.45) is 0 Å². The van der Waals surface area contributed by atoms with E-state index < -0.39 is 5.97 Å². The summed E-state index contributed by atoms with van der Waals surface area (Å²) >= 11 is 4.47. The molecule has 2 aromatic rings. The van der Waals surface area contributed by atoms with Crippen molar-refractivity contribution in [2.75, 3.05) is 5.75 Å². The van der Waals surface area contributed by atoms with Crippen LogP contribution in [0.3, 0.4) is 0 Å². The summed E-state index contributed by atoms with van der Waals surface area (Å²) in [7, 11) is 0. The summed E-state index contributed by atoms with van der Waals surface area (Å²) < 4.78 is 2.51. The lowest BCUT2D eigenvalue weighted by Gasteiger charge is -2.07. The van der Waals surface area contributed by atoms with E-state index in [0.29, 0.717) is 5.16 Å². The van der Waals surface area contributed by atoms with E-state index in [4.69, 9.17) is 5.11 Å². The van der Waals surface area contributed by atoms with E-state index in [9.17, 15) is 4.79 Å². The van der Waals surface area contributed by atoms with Gasteiger partial charge >= 0.3 is 5.97 Å². The molecule has 1 heterocycles. The van der Waals surface area contributed by atoms with Crippen LogP contribution in [0.25, 0.3) is 5.69 Å². The van der Waals surface area contributed by atoms with Crippen LogP contribution in [0.5, 0.6) is 0 Å². The van der Waals surface area contributed by atoms with E-state index in [1.165, 1.54) is 4.68 Å². The molecular weight excluding hydrogens is 320 g/mol. The van der Waals surface area contributed by atoms with Crippen molar-refractivity contribution in [3.63, 3.8) is 0 Å². The van der Waals surface area contributed by atoms with Gasteiger partial charge in [0.05, 0.1) is 11.4 Å². The first-order valence-corrected chi connectivity index (χ1v) is 6.75. The molecule has 0 atom stereocenters. The fourth-order valence-corrected chi connectivity index (χ4v) is 2.48. The Morgan fingerprint density at radius 1 is 1.56 bits per heavy atom. The van der Waals surface area contributed by atoms with Crippen molar-refractivity contribution in [1.82, 2.24) is 20.2 Å². The smallest absolute Gasteiger partial charge is 0.313 e. The van der Waals surface area contributed by atoms with E-state index in [0.717, 1.165) is 27.5 Å². The van der Waals surface area contributed by atoms with Gasteiger partial charge in [0.15, 0.2) is 0 Å². The molecule has 0 fully saturated rings. The number of hydrogen-bond donors (Lipinski definition) is 1. The molecule has 0 aliphatic carbocycles. The molecule has 1 aromatic heterocycles. The van der Waals surface area contributed by atoms with E-state index in [1.54, 1.807) is 0 Å². The van der Waals surface area contributed by atoms with Crippen LogP contribution in [0.2, 0.25) is 0 Å². The largest absolute Gasteiger partial charge is 0.481 e. The second-order valence-electron chi connectivity index (χ2n) is 3.49. The van der Waals surface area contributed by atoms with E-state index in [-0.39, 0.29) is 5.75 Å². The Hall–Kier alpha value is -1.41. The van der Waals surface area contributed by atoms with Crippen LogP contribution in [0.1, 0.15) is 5.56 Å². The summed E-state index contributed by atoms with van der Waals surface area (Å²) in [6, 6.07) is 5.71. The van der Waals surface area contributed by atoms with Gasteiger partial charge in [-0.3, -0.25) is 4.79 Å². The number of tetrazole rings is 1. The highest BCUT2D eigenvalue weighted by atomic mass is 79.9. The first-order chi connectivity index (χ1) is 8.58. The summed E-state index contributed by atoms with van der Waals surface area (Å²) in [6.07, 6.45) is 0. The highest BCUT2D eigenvalue weighted by Crippen LogP contribution is 2.22. The van der Waals surface area contributed by atoms with Crippen LogP contribution in [0, 0.1) is 6.92 Å². The molecule has 1 N–H and O–H groups in total. The van der Waals surface area contributed by atoms with Crippen LogP contribution in [-0.2, 0) is 4.79 Å². The van der Waals surface area contributed by atoms with Gasteiger partial charge in [0.25, 0.3) is 0 Å². The van der Waals surface area contributed by atoms with Gasteiger partial charge in [0.1, 0.15) is 0 Å². The number of benzene rings is 1. The topological polar surface area (TPSA) is 80.9 Å². The van der Waals surface area contributed by atoms with E-state index >= 15 is 0 Å². The quantitative estimate of drug-likeness (QED) is 0.863. The SMILES string of the molecule is Cc1cc(Br)ccc1-n1nnnc1SCC(=O)O. The highest BCUT2D eigenvalue weighted by Gasteiger charge is 2.12. The fourth-order valence-electron chi connectivity index (χ4n) is 1.40. The van der Waals surface area contributed by atoms with Gasteiger partial charge in [0.2, 0.25) is 5.16 Å². The molecule has 0 saturated carbocycles. The van der Waals surface area contributed by atoms with Crippen molar-refractivity contribution >= 4 is 33.7 Å². The predicted octanol–water partition coefficient (Wildman–Crippen LogP) is 1.91. The number of hydrogen-bond acceptors (Lipinski definition) is 5. The molecule has 0 radical (unpaired) electrons. The minimum atomic E-state index is -0.901. The second kappa shape index (κ2) is 5.49. The van der Waals surface area contributed by atoms with Crippen molar-refractivity contribution in [3.05, 3.63) is 28.2 Å². The summed E-state index contributed by atoms with van der Waals surface area (Å²) in [4.78, 5) is 10.5. The van der Waals surface area contributed by atoms with Gasteiger partial charge in [0, 0.05) is 4.47 Å². The number of thioether (sulfide) groups is 1. The number of halogens is 1. The second-order valence-corrected chi connectivity index (χ2v) is 5.34. The van der Waals surface area contributed by atoms with Crippen LogP contribution >= 0.6 is 27.7 Å². The minimum Gasteiger partial charge on any atom is -0.481 e. The molecule has 0 unspecified atom stereocenters. The standard InChI is InChI=1S/C10H9BrN4O2S/c1-6-4-7(11)2-3-8(6)15-10(12-13-14-15)18-5-9(16)17/h2-4H,5H2,1H3,(H,16,17). The van der Waals surface area contributed by atoms with E-state index in [2.05, 4.69) is 31.5 Å². The number of carboxylic acid groups (broad SMARTS) is 1. The zero-order chi connectivity index (χ0) is 13.1. The Morgan fingerprint density at radius 2 is 2.33 bits per heavy atom. The van der Waals surface area contributed by atoms with Crippen molar-refractivity contribution in [1.29, 1.82) is 0 Å². The Balaban J connectivity index is 2.33. The fraction of sp³-hybridized carbons (Fsp3) is 0.200. The highest BCUT2D eigenvalue weighted by molar-refractivity contribution is 9.10. The minimum absolute atomic E-state index is 0.0735. The molecule has 94 valence electrons. The summed E-state index contributed by atoms with van der Waals surface area (Å²) in [5.41, 5.74) is 1.82. The van der Waals surface area contributed by atoms with Gasteiger partial charge in [-0.25, -0.2) is 0 Å². The molecule has 2 rings (SSSR count). The average Bonchev–Trinajstić information content (AvgIpc) is 2.74. The van der Waals surface area contributed by atoms with Gasteiger partial charge in [-0.2, -0.15) is 4.68 Å². The molecule has 0 aliphatic heterocycles. The maximum atomic E-state index is 10.5. The van der Waals surface area contributed by atoms with Crippen LogP contribution in [0.15, 0.2) is 27.8 Å². The number of aliphatic carboxylic acids is 1. The van der Waals surface area contributed by atoms with Gasteiger partial charge in [-0.05, 0) is 41.1 Å². The lowest BCUT2D eigenvalue weighted by molar-refractivity contribution is -0.133. The predicted molar refractivity (Wildman–Crippen MR) is 70.0 cm³/mol. The number of carbonyl (C=O) groups is 1. The molecule has 0 spiro atoms. The number of aryl methyl sites for hydroxylation is 1. The summed E-state index contributed by atoms with van der Waals surface area (Å²) in [6.45, 7) is 1.94. The first kappa shape index (κ1) is 13.0. The lowest BCUT2D eigenvalue weighted by Crippen LogP contribution is -2.04. The third-order valence-corrected chi connectivity index (χ3v) is 3.55. The molecule has 18 heavy (non-hydrogen) atoms. The summed E-state index contributed by atoms with van der Waals surface area (Å²) in [5, 5.41) is 20.4. The molecule has 0 saturated heterocycles. The molecular formula is C10H9BrN4O2S. The Kier molecular flexibility index (Phi) is 3.97. The third-order valence-electron chi connectivity index (χ3n) is 2.15. The van der Waals surface area contributed by atoms with Crippen LogP contribution in [-0.4, -0.2) is 37.0 Å². The van der Waals surface area contributed by atoms with Crippen molar-refractivity contribution < 1.29 is 9.90 Å². The molecule has 1 aromatic carbocycles. The lowest BCUT2D eigenvalue weighted by atomic mass is 10.2. The Morgan fingerprint density at radius 3 is 3.00 bits per heavy atom. The van der Waals surface area contributed by atoms with Crippen molar-refractivity contribution in [2.45, 2.75) is 12.1 Å². The Bertz CT molecular complexity index is 587. The third kappa shape index (κ3) is 2.88. The Labute approximate surface area is 116 Å². The number of rotatable bonds is 4. The maximum Gasteiger partial charge on any atom is 0.313 e. The number of carboxylic acids is 1. The molecule has 0 bridgehead atoms. The maximum absolute atomic E-state index is 10.5. The van der Waals surface area contributed by atoms with E-state index in [1.807, 2.05) is 25.1 Å². The van der Waals surface area contributed by atoms with Gasteiger partial charge in [-0.15, -0.1) is 5.10 Å². The zero-order valence-electron chi connectivity index (χ0n) is 9.37. The number of aromatic nitrogens is 4. The molecule has 8 heteroatoms. The van der Waals surface area contributed by atoms with Crippen LogP contribution < -0.4 is 0 Å². The molecule has 6 nitrogen and oxygen atoms in total. The van der Waals surface area contributed by atoms with Crippen molar-refractivity contribution in [3.8, 4) is 5.69 Å². The molecule has 0 aliphatic rings. The first-order valence-electron chi connectivity index (χ1n) is 4.97. The van der Waals surface area contributed by atoms with Crippen LogP contribution in [0.4, 0.5) is 0 Å². The number of nitrogens with zero attached hydrogens (tertiary/aromatic N) is 4. The summed E-state index contributed by atoms with van der Waals surface area (Å²) in [5.74, 6) is -0.974. The molecule has 0 amide bonds. The van der Waals surface area contributed by atoms with Gasteiger partial charge < -0.3 is 5.11 Å². The monoisotopic (exact) mass is 328 g/mol. The average molecular weight is 329 g/mol. The van der Waals surface area contributed by atoms with Gasteiger partial charge in [-0.1, -0.05) is 27.7 Å². The normalized spacial score (nSPS) is 10.6.